The van der Waals surface area contributed by atoms with Crippen LogP contribution in [0.5, 0.6) is 0 Å². The van der Waals surface area contributed by atoms with E-state index in [-0.39, 0.29) is 5.82 Å². The number of rotatable bonds is 4. The molecule has 0 saturated heterocycles. The number of aromatic nitrogens is 3. The highest BCUT2D eigenvalue weighted by Crippen LogP contribution is 2.23. The van der Waals surface area contributed by atoms with E-state index in [4.69, 9.17) is 4.98 Å². The molecule has 4 aromatic rings. The maximum atomic E-state index is 13.4. The van der Waals surface area contributed by atoms with Crippen LogP contribution in [0.2, 0.25) is 0 Å². The van der Waals surface area contributed by atoms with E-state index in [2.05, 4.69) is 20.9 Å². The van der Waals surface area contributed by atoms with Gasteiger partial charge in [-0.25, -0.2) is 14.4 Å². The molecule has 0 aliphatic carbocycles. The summed E-state index contributed by atoms with van der Waals surface area (Å²) in [6, 6.07) is 20.6. The van der Waals surface area contributed by atoms with Gasteiger partial charge in [0, 0.05) is 55.1 Å². The summed E-state index contributed by atoms with van der Waals surface area (Å²) in [6.45, 7) is 2.59. The second-order valence-corrected chi connectivity index (χ2v) is 7.55. The molecule has 0 N–H and O–H groups in total. The maximum absolute atomic E-state index is 13.4. The van der Waals surface area contributed by atoms with Crippen LogP contribution >= 0.6 is 0 Å². The van der Waals surface area contributed by atoms with Crippen molar-refractivity contribution in [2.24, 2.45) is 0 Å². The molecule has 30 heavy (non-hydrogen) atoms. The summed E-state index contributed by atoms with van der Waals surface area (Å²) in [5.74, 6) is 0.544. The molecule has 0 radical (unpaired) electrons. The van der Waals surface area contributed by atoms with Crippen molar-refractivity contribution in [1.82, 2.24) is 19.9 Å². The van der Waals surface area contributed by atoms with Crippen LogP contribution in [0.3, 0.4) is 0 Å². The fourth-order valence-corrected chi connectivity index (χ4v) is 3.83. The van der Waals surface area contributed by atoms with E-state index in [1.807, 2.05) is 54.9 Å². The van der Waals surface area contributed by atoms with Crippen LogP contribution in [0.4, 0.5) is 4.39 Å². The van der Waals surface area contributed by atoms with Crippen LogP contribution in [-0.4, -0.2) is 26.4 Å². The van der Waals surface area contributed by atoms with Gasteiger partial charge in [0.05, 0.1) is 11.4 Å². The molecule has 0 amide bonds. The van der Waals surface area contributed by atoms with Gasteiger partial charge in [0.25, 0.3) is 0 Å². The van der Waals surface area contributed by atoms with E-state index in [0.717, 1.165) is 60.0 Å². The summed E-state index contributed by atoms with van der Waals surface area (Å²) in [5, 5.41) is 0. The molecule has 0 atom stereocenters. The Morgan fingerprint density at radius 2 is 1.73 bits per heavy atom. The Labute approximate surface area is 175 Å². The van der Waals surface area contributed by atoms with E-state index >= 15 is 0 Å². The standard InChI is InChI=1S/C25H21FN4/c26-22-8-4-7-20(13-22)23-10-9-18(14-27-23)16-30-12-11-24-21(17-30)15-28-25(29-24)19-5-2-1-3-6-19/h1-10,13-15H,11-12,16-17H2. The lowest BCUT2D eigenvalue weighted by atomic mass is 10.1. The number of hydrogen-bond acceptors (Lipinski definition) is 4. The molecule has 0 spiro atoms. The van der Waals surface area contributed by atoms with Crippen LogP contribution in [0.15, 0.2) is 79.1 Å². The van der Waals surface area contributed by atoms with Crippen LogP contribution < -0.4 is 0 Å². The average Bonchev–Trinajstić information content (AvgIpc) is 2.80. The van der Waals surface area contributed by atoms with Crippen molar-refractivity contribution in [3.8, 4) is 22.6 Å². The van der Waals surface area contributed by atoms with Crippen molar-refractivity contribution in [3.05, 3.63) is 102 Å². The van der Waals surface area contributed by atoms with Crippen molar-refractivity contribution >= 4 is 0 Å². The van der Waals surface area contributed by atoms with E-state index < -0.39 is 0 Å². The molecule has 4 nitrogen and oxygen atoms in total. The Kier molecular flexibility index (Phi) is 5.03. The number of hydrogen-bond donors (Lipinski definition) is 0. The van der Waals surface area contributed by atoms with Gasteiger partial charge in [-0.3, -0.25) is 9.88 Å². The van der Waals surface area contributed by atoms with Crippen LogP contribution in [0.1, 0.15) is 16.8 Å². The highest BCUT2D eigenvalue weighted by atomic mass is 19.1. The fraction of sp³-hybridized carbons (Fsp3) is 0.160. The van der Waals surface area contributed by atoms with E-state index in [9.17, 15) is 4.39 Å². The Balaban J connectivity index is 1.27. The van der Waals surface area contributed by atoms with E-state index in [1.54, 1.807) is 6.07 Å². The Hall–Kier alpha value is -3.44. The molecule has 0 bridgehead atoms. The first kappa shape index (κ1) is 18.6. The molecule has 3 heterocycles. The summed E-state index contributed by atoms with van der Waals surface area (Å²) in [6.07, 6.45) is 4.75. The van der Waals surface area contributed by atoms with Crippen molar-refractivity contribution in [3.63, 3.8) is 0 Å². The summed E-state index contributed by atoms with van der Waals surface area (Å²) in [4.78, 5) is 16.3. The summed E-state index contributed by atoms with van der Waals surface area (Å²) in [7, 11) is 0. The quantitative estimate of drug-likeness (QED) is 0.492. The van der Waals surface area contributed by atoms with Crippen LogP contribution in [0, 0.1) is 5.82 Å². The minimum Gasteiger partial charge on any atom is -0.294 e. The lowest BCUT2D eigenvalue weighted by Gasteiger charge is -2.28. The Morgan fingerprint density at radius 3 is 2.53 bits per heavy atom. The average molecular weight is 396 g/mol. The van der Waals surface area contributed by atoms with Gasteiger partial charge in [0.1, 0.15) is 5.82 Å². The predicted octanol–water partition coefficient (Wildman–Crippen LogP) is 4.90. The number of benzene rings is 2. The summed E-state index contributed by atoms with van der Waals surface area (Å²) in [5.41, 5.74) is 6.08. The van der Waals surface area contributed by atoms with Gasteiger partial charge in [0.2, 0.25) is 0 Å². The summed E-state index contributed by atoms with van der Waals surface area (Å²) >= 11 is 0. The molecule has 1 aliphatic rings. The van der Waals surface area contributed by atoms with Gasteiger partial charge in [-0.1, -0.05) is 48.5 Å². The molecular weight excluding hydrogens is 375 g/mol. The van der Waals surface area contributed by atoms with Gasteiger partial charge >= 0.3 is 0 Å². The molecule has 2 aromatic heterocycles. The third kappa shape index (κ3) is 3.98. The normalized spacial score (nSPS) is 13.8. The zero-order valence-electron chi connectivity index (χ0n) is 16.5. The first-order valence-electron chi connectivity index (χ1n) is 10.1. The molecule has 5 heteroatoms. The number of nitrogens with zero attached hydrogens (tertiary/aromatic N) is 4. The molecule has 148 valence electrons. The van der Waals surface area contributed by atoms with Crippen molar-refractivity contribution in [2.45, 2.75) is 19.5 Å². The second kappa shape index (κ2) is 8.13. The number of halogens is 1. The molecule has 0 unspecified atom stereocenters. The first-order chi connectivity index (χ1) is 14.7. The van der Waals surface area contributed by atoms with Crippen molar-refractivity contribution in [1.29, 1.82) is 0 Å². The highest BCUT2D eigenvalue weighted by molar-refractivity contribution is 5.59. The molecule has 2 aromatic carbocycles. The van der Waals surface area contributed by atoms with Crippen molar-refractivity contribution in [2.75, 3.05) is 6.54 Å². The zero-order valence-corrected chi connectivity index (χ0v) is 16.5. The minimum absolute atomic E-state index is 0.247. The Bertz CT molecular complexity index is 1160. The largest absolute Gasteiger partial charge is 0.294 e. The number of pyridine rings is 1. The molecule has 1 aliphatic heterocycles. The monoisotopic (exact) mass is 396 g/mol. The molecular formula is C25H21FN4. The van der Waals surface area contributed by atoms with Crippen molar-refractivity contribution < 1.29 is 4.39 Å². The lowest BCUT2D eigenvalue weighted by Crippen LogP contribution is -2.31. The second-order valence-electron chi connectivity index (χ2n) is 7.55. The van der Waals surface area contributed by atoms with Gasteiger partial charge in [-0.15, -0.1) is 0 Å². The smallest absolute Gasteiger partial charge is 0.159 e. The van der Waals surface area contributed by atoms with Gasteiger partial charge in [0.15, 0.2) is 5.82 Å². The molecule has 5 rings (SSSR count). The van der Waals surface area contributed by atoms with Gasteiger partial charge in [-0.05, 0) is 23.8 Å². The number of fused-ring (bicyclic) bond motifs is 1. The molecule has 0 saturated carbocycles. The third-order valence-corrected chi connectivity index (χ3v) is 5.40. The molecule has 0 fully saturated rings. The van der Waals surface area contributed by atoms with E-state index in [0.29, 0.717) is 0 Å². The van der Waals surface area contributed by atoms with Crippen LogP contribution in [0.25, 0.3) is 22.6 Å². The fourth-order valence-electron chi connectivity index (χ4n) is 3.83. The first-order valence-corrected chi connectivity index (χ1v) is 10.1. The maximum Gasteiger partial charge on any atom is 0.159 e. The predicted molar refractivity (Wildman–Crippen MR) is 115 cm³/mol. The Morgan fingerprint density at radius 1 is 0.867 bits per heavy atom. The topological polar surface area (TPSA) is 41.9 Å². The summed E-state index contributed by atoms with van der Waals surface area (Å²) < 4.78 is 13.4. The van der Waals surface area contributed by atoms with Gasteiger partial charge in [-0.2, -0.15) is 0 Å². The SMILES string of the molecule is Fc1cccc(-c2ccc(CN3CCc4nc(-c5ccccc5)ncc4C3)cn2)c1. The van der Waals surface area contributed by atoms with Gasteiger partial charge < -0.3 is 0 Å². The van der Waals surface area contributed by atoms with E-state index in [1.165, 1.54) is 17.7 Å². The third-order valence-electron chi connectivity index (χ3n) is 5.40. The lowest BCUT2D eigenvalue weighted by molar-refractivity contribution is 0.242. The minimum atomic E-state index is -0.247. The zero-order chi connectivity index (χ0) is 20.3. The highest BCUT2D eigenvalue weighted by Gasteiger charge is 2.19. The van der Waals surface area contributed by atoms with Crippen LogP contribution in [-0.2, 0) is 19.5 Å².